The molecule has 0 unspecified atom stereocenters. The Kier molecular flexibility index (Phi) is 4.11. The molecule has 4 nitrogen and oxygen atoms in total. The van der Waals surface area contributed by atoms with Crippen LogP contribution in [-0.2, 0) is 0 Å². The Morgan fingerprint density at radius 3 is 2.28 bits per heavy atom. The number of rotatable bonds is 3. The van der Waals surface area contributed by atoms with E-state index in [1.165, 1.54) is 12.1 Å². The first-order chi connectivity index (χ1) is 12.1. The van der Waals surface area contributed by atoms with Crippen molar-refractivity contribution in [2.45, 2.75) is 4.84 Å². The molecule has 0 fully saturated rings. The molecular formula is C18H11Cl2FN4. The van der Waals surface area contributed by atoms with Crippen molar-refractivity contribution < 1.29 is 4.39 Å². The highest BCUT2D eigenvalue weighted by Crippen LogP contribution is 2.27. The Morgan fingerprint density at radius 2 is 1.60 bits per heavy atom. The highest BCUT2D eigenvalue weighted by Gasteiger charge is 2.17. The molecule has 4 rings (SSSR count). The van der Waals surface area contributed by atoms with Crippen LogP contribution in [0.5, 0.6) is 0 Å². The van der Waals surface area contributed by atoms with Crippen LogP contribution in [0.1, 0.15) is 10.7 Å². The molecule has 0 N–H and O–H groups in total. The third kappa shape index (κ3) is 3.08. The zero-order chi connectivity index (χ0) is 17.4. The van der Waals surface area contributed by atoms with Crippen LogP contribution >= 0.6 is 23.2 Å². The van der Waals surface area contributed by atoms with Gasteiger partial charge in [0.1, 0.15) is 5.82 Å². The van der Waals surface area contributed by atoms with Crippen molar-refractivity contribution in [1.29, 1.82) is 0 Å². The summed E-state index contributed by atoms with van der Waals surface area (Å²) >= 11 is 11.9. The van der Waals surface area contributed by atoms with E-state index in [1.807, 2.05) is 36.4 Å². The van der Waals surface area contributed by atoms with Crippen LogP contribution in [0.15, 0.2) is 60.7 Å². The Hall–Kier alpha value is -2.50. The van der Waals surface area contributed by atoms with E-state index in [4.69, 9.17) is 23.2 Å². The molecule has 0 atom stereocenters. The molecule has 0 aliphatic heterocycles. The van der Waals surface area contributed by atoms with Gasteiger partial charge in [0.05, 0.1) is 5.69 Å². The van der Waals surface area contributed by atoms with Crippen molar-refractivity contribution >= 4 is 28.8 Å². The average Bonchev–Trinajstić information content (AvgIpc) is 3.06. The Bertz CT molecular complexity index is 1030. The molecule has 0 bridgehead atoms. The maximum Gasteiger partial charge on any atom is 0.167 e. The number of nitrogens with zero attached hydrogens (tertiary/aromatic N) is 4. The largest absolute Gasteiger partial charge is 0.211 e. The first-order valence-corrected chi connectivity index (χ1v) is 8.36. The van der Waals surface area contributed by atoms with Crippen LogP contribution in [-0.4, -0.2) is 19.6 Å². The molecule has 4 aromatic rings. The lowest BCUT2D eigenvalue weighted by atomic mass is 10.2. The van der Waals surface area contributed by atoms with Crippen LogP contribution in [0.2, 0.25) is 0 Å². The normalized spacial score (nSPS) is 11.4. The molecule has 0 aliphatic carbocycles. The summed E-state index contributed by atoms with van der Waals surface area (Å²) in [5, 5.41) is 4.59. The number of hydrogen-bond acceptors (Lipinski definition) is 3. The maximum absolute atomic E-state index is 13.3. The first kappa shape index (κ1) is 16.0. The van der Waals surface area contributed by atoms with E-state index in [-0.39, 0.29) is 11.6 Å². The van der Waals surface area contributed by atoms with E-state index in [9.17, 15) is 4.39 Å². The van der Waals surface area contributed by atoms with Gasteiger partial charge in [-0.3, -0.25) is 0 Å². The maximum atomic E-state index is 13.3. The van der Waals surface area contributed by atoms with Crippen LogP contribution in [0.4, 0.5) is 4.39 Å². The quantitative estimate of drug-likeness (QED) is 0.471. The minimum Gasteiger partial charge on any atom is -0.211 e. The Labute approximate surface area is 152 Å². The predicted octanol–water partition coefficient (Wildman–Crippen LogP) is 5.07. The van der Waals surface area contributed by atoms with E-state index in [0.29, 0.717) is 17.0 Å². The van der Waals surface area contributed by atoms with Gasteiger partial charge in [0.2, 0.25) is 0 Å². The van der Waals surface area contributed by atoms with Crippen molar-refractivity contribution in [3.63, 3.8) is 0 Å². The molecule has 0 aliphatic rings. The number of alkyl halides is 2. The van der Waals surface area contributed by atoms with Crippen LogP contribution in [0.25, 0.3) is 28.3 Å². The standard InChI is InChI=1S/C18H11Cl2FN4/c19-16(20)17-22-15-10-14(11-4-2-1-3-5-11)24-25(15)18(23-17)12-6-8-13(21)9-7-12/h1-10,16H. The molecule has 0 spiro atoms. The van der Waals surface area contributed by atoms with Crippen molar-refractivity contribution in [3.05, 3.63) is 72.3 Å². The predicted molar refractivity (Wildman–Crippen MR) is 96.1 cm³/mol. The summed E-state index contributed by atoms with van der Waals surface area (Å²) in [6.07, 6.45) is 0. The molecule has 0 radical (unpaired) electrons. The molecule has 2 aromatic carbocycles. The van der Waals surface area contributed by atoms with Crippen molar-refractivity contribution in [1.82, 2.24) is 19.6 Å². The summed E-state index contributed by atoms with van der Waals surface area (Å²) in [6, 6.07) is 17.5. The minimum atomic E-state index is -0.876. The number of hydrogen-bond donors (Lipinski definition) is 0. The average molecular weight is 373 g/mol. The minimum absolute atomic E-state index is 0.273. The van der Waals surface area contributed by atoms with Gasteiger partial charge in [0.15, 0.2) is 22.1 Å². The molecular weight excluding hydrogens is 362 g/mol. The summed E-state index contributed by atoms with van der Waals surface area (Å²) < 4.78 is 14.9. The van der Waals surface area contributed by atoms with Crippen molar-refractivity contribution in [2.24, 2.45) is 0 Å². The lowest BCUT2D eigenvalue weighted by molar-refractivity contribution is 0.628. The van der Waals surface area contributed by atoms with Gasteiger partial charge in [-0.15, -0.1) is 0 Å². The van der Waals surface area contributed by atoms with Gasteiger partial charge in [-0.05, 0) is 24.3 Å². The summed E-state index contributed by atoms with van der Waals surface area (Å²) in [6.45, 7) is 0. The molecule has 0 amide bonds. The summed E-state index contributed by atoms with van der Waals surface area (Å²) in [7, 11) is 0. The molecule has 25 heavy (non-hydrogen) atoms. The number of aromatic nitrogens is 4. The van der Waals surface area contributed by atoms with Gasteiger partial charge in [-0.2, -0.15) is 9.61 Å². The second-order valence-corrected chi connectivity index (χ2v) is 6.47. The fourth-order valence-corrected chi connectivity index (χ4v) is 2.73. The highest BCUT2D eigenvalue weighted by atomic mass is 35.5. The number of fused-ring (bicyclic) bond motifs is 1. The highest BCUT2D eigenvalue weighted by molar-refractivity contribution is 6.43. The Balaban J connectivity index is 1.96. The SMILES string of the molecule is Fc1ccc(-c2nc(C(Cl)Cl)nc3cc(-c4ccccc4)nn23)cc1. The Morgan fingerprint density at radius 1 is 0.880 bits per heavy atom. The molecule has 7 heteroatoms. The van der Waals surface area contributed by atoms with Crippen LogP contribution in [0.3, 0.4) is 0 Å². The smallest absolute Gasteiger partial charge is 0.167 e. The fraction of sp³-hybridized carbons (Fsp3) is 0.0556. The van der Waals surface area contributed by atoms with E-state index >= 15 is 0 Å². The monoisotopic (exact) mass is 372 g/mol. The third-order valence-electron chi connectivity index (χ3n) is 3.71. The van der Waals surface area contributed by atoms with Gasteiger partial charge in [0, 0.05) is 17.2 Å². The van der Waals surface area contributed by atoms with Gasteiger partial charge >= 0.3 is 0 Å². The second-order valence-electron chi connectivity index (χ2n) is 5.38. The third-order valence-corrected chi connectivity index (χ3v) is 4.10. The molecule has 0 saturated heterocycles. The van der Waals surface area contributed by atoms with E-state index < -0.39 is 4.84 Å². The summed E-state index contributed by atoms with van der Waals surface area (Å²) in [5.74, 6) is 0.440. The number of benzene rings is 2. The van der Waals surface area contributed by atoms with Gasteiger partial charge in [0.25, 0.3) is 0 Å². The van der Waals surface area contributed by atoms with E-state index in [1.54, 1.807) is 16.6 Å². The van der Waals surface area contributed by atoms with Crippen molar-refractivity contribution in [3.8, 4) is 22.6 Å². The van der Waals surface area contributed by atoms with E-state index in [0.717, 1.165) is 11.3 Å². The topological polar surface area (TPSA) is 43.1 Å². The van der Waals surface area contributed by atoms with Crippen molar-refractivity contribution in [2.75, 3.05) is 0 Å². The van der Waals surface area contributed by atoms with Crippen LogP contribution < -0.4 is 0 Å². The fourth-order valence-electron chi connectivity index (χ4n) is 2.54. The molecule has 0 saturated carbocycles. The zero-order valence-corrected chi connectivity index (χ0v) is 14.3. The lowest BCUT2D eigenvalue weighted by Crippen LogP contribution is -2.05. The van der Waals surface area contributed by atoms with E-state index in [2.05, 4.69) is 15.1 Å². The van der Waals surface area contributed by atoms with Gasteiger partial charge in [-0.25, -0.2) is 14.4 Å². The second kappa shape index (κ2) is 6.43. The summed E-state index contributed by atoms with van der Waals surface area (Å²) in [4.78, 5) is 7.91. The lowest BCUT2D eigenvalue weighted by Gasteiger charge is -2.07. The van der Waals surface area contributed by atoms with Gasteiger partial charge in [-0.1, -0.05) is 53.5 Å². The number of halogens is 3. The molecule has 2 heterocycles. The molecule has 2 aromatic heterocycles. The first-order valence-electron chi connectivity index (χ1n) is 7.49. The van der Waals surface area contributed by atoms with Gasteiger partial charge < -0.3 is 0 Å². The summed E-state index contributed by atoms with van der Waals surface area (Å²) in [5.41, 5.74) is 2.95. The zero-order valence-electron chi connectivity index (χ0n) is 12.8. The van der Waals surface area contributed by atoms with Crippen LogP contribution in [0, 0.1) is 5.82 Å². The molecule has 124 valence electrons.